The summed E-state index contributed by atoms with van der Waals surface area (Å²) in [6.45, 7) is 0. The van der Waals surface area contributed by atoms with E-state index < -0.39 is 0 Å². The van der Waals surface area contributed by atoms with Crippen LogP contribution in [0.5, 0.6) is 11.8 Å². The second-order valence-electron chi connectivity index (χ2n) is 2.46. The molecule has 0 spiro atoms. The summed E-state index contributed by atoms with van der Waals surface area (Å²) in [7, 11) is 3.05. The molecule has 7 heteroatoms. The zero-order chi connectivity index (χ0) is 10.1. The van der Waals surface area contributed by atoms with E-state index in [0.717, 1.165) is 0 Å². The van der Waals surface area contributed by atoms with Gasteiger partial charge in [-0.2, -0.15) is 4.98 Å². The van der Waals surface area contributed by atoms with Crippen LogP contribution in [0.25, 0.3) is 5.65 Å². The monoisotopic (exact) mass is 258 g/mol. The maximum absolute atomic E-state index is 5.05. The lowest BCUT2D eigenvalue weighted by Gasteiger charge is -2.03. The Bertz CT molecular complexity index is 470. The molecule has 2 heterocycles. The lowest BCUT2D eigenvalue weighted by molar-refractivity contribution is 0.363. The van der Waals surface area contributed by atoms with Crippen molar-refractivity contribution in [2.75, 3.05) is 14.2 Å². The van der Waals surface area contributed by atoms with E-state index in [9.17, 15) is 0 Å². The maximum atomic E-state index is 5.05. The van der Waals surface area contributed by atoms with Crippen molar-refractivity contribution in [3.63, 3.8) is 0 Å². The van der Waals surface area contributed by atoms with Crippen LogP contribution in [0.1, 0.15) is 0 Å². The summed E-state index contributed by atoms with van der Waals surface area (Å²) in [5.74, 6) is 0.817. The zero-order valence-corrected chi connectivity index (χ0v) is 9.15. The molecule has 0 radical (unpaired) electrons. The van der Waals surface area contributed by atoms with Gasteiger partial charge >= 0.3 is 0 Å². The Labute approximate surface area is 88.0 Å². The third kappa shape index (κ3) is 1.29. The lowest BCUT2D eigenvalue weighted by atomic mass is 10.6. The largest absolute Gasteiger partial charge is 0.480 e. The van der Waals surface area contributed by atoms with Crippen LogP contribution in [0.15, 0.2) is 10.9 Å². The standard InChI is InChI=1S/C7H7BrN4O2/c1-13-4-3-12-5(6(9-4)14-2)10-11-7(12)8/h3H,1-2H3. The van der Waals surface area contributed by atoms with Crippen LogP contribution in [-0.4, -0.2) is 33.8 Å². The number of methoxy groups -OCH3 is 2. The Morgan fingerprint density at radius 2 is 2.07 bits per heavy atom. The molecule has 0 aromatic carbocycles. The fourth-order valence-corrected chi connectivity index (χ4v) is 1.41. The van der Waals surface area contributed by atoms with Crippen molar-refractivity contribution >= 4 is 21.6 Å². The SMILES string of the molecule is COc1cn2c(Br)nnc2c(OC)n1. The van der Waals surface area contributed by atoms with Gasteiger partial charge in [0.05, 0.1) is 20.4 Å². The smallest absolute Gasteiger partial charge is 0.263 e. The first-order valence-electron chi connectivity index (χ1n) is 3.75. The Kier molecular flexibility index (Phi) is 2.24. The quantitative estimate of drug-likeness (QED) is 0.801. The van der Waals surface area contributed by atoms with E-state index >= 15 is 0 Å². The minimum absolute atomic E-state index is 0.377. The topological polar surface area (TPSA) is 61.5 Å². The predicted octanol–water partition coefficient (Wildman–Crippen LogP) is 0.904. The molecular formula is C7H7BrN4O2. The van der Waals surface area contributed by atoms with Crippen LogP contribution in [0, 0.1) is 0 Å². The van der Waals surface area contributed by atoms with Crippen molar-refractivity contribution in [2.24, 2.45) is 0 Å². The number of hydrogen-bond donors (Lipinski definition) is 0. The highest BCUT2D eigenvalue weighted by molar-refractivity contribution is 9.10. The van der Waals surface area contributed by atoms with Gasteiger partial charge in [-0.3, -0.25) is 4.40 Å². The summed E-state index contributed by atoms with van der Waals surface area (Å²) in [6, 6.07) is 0. The van der Waals surface area contributed by atoms with Crippen LogP contribution >= 0.6 is 15.9 Å². The Morgan fingerprint density at radius 1 is 1.29 bits per heavy atom. The van der Waals surface area contributed by atoms with Crippen molar-refractivity contribution in [2.45, 2.75) is 0 Å². The molecule has 0 aliphatic carbocycles. The molecule has 6 nitrogen and oxygen atoms in total. The van der Waals surface area contributed by atoms with E-state index in [2.05, 4.69) is 31.1 Å². The van der Waals surface area contributed by atoms with Crippen LogP contribution in [0.4, 0.5) is 0 Å². The normalized spacial score (nSPS) is 10.5. The van der Waals surface area contributed by atoms with Gasteiger partial charge in [-0.05, 0) is 15.9 Å². The van der Waals surface area contributed by atoms with Gasteiger partial charge in [0.2, 0.25) is 16.3 Å². The first-order chi connectivity index (χ1) is 6.76. The lowest BCUT2D eigenvalue weighted by Crippen LogP contribution is -1.97. The first kappa shape index (κ1) is 9.20. The van der Waals surface area contributed by atoms with E-state index in [1.807, 2.05) is 0 Å². The van der Waals surface area contributed by atoms with Crippen molar-refractivity contribution in [3.05, 3.63) is 10.9 Å². The highest BCUT2D eigenvalue weighted by atomic mass is 79.9. The number of hydrogen-bond acceptors (Lipinski definition) is 5. The molecule has 0 saturated carbocycles. The summed E-state index contributed by atoms with van der Waals surface area (Å²) in [4.78, 5) is 4.06. The Morgan fingerprint density at radius 3 is 2.71 bits per heavy atom. The molecule has 0 aliphatic rings. The number of fused-ring (bicyclic) bond motifs is 1. The molecule has 0 bridgehead atoms. The molecule has 2 rings (SSSR count). The highest BCUT2D eigenvalue weighted by Gasteiger charge is 2.11. The summed E-state index contributed by atoms with van der Waals surface area (Å²) < 4.78 is 12.3. The molecular weight excluding hydrogens is 252 g/mol. The van der Waals surface area contributed by atoms with Crippen LogP contribution in [0.3, 0.4) is 0 Å². The van der Waals surface area contributed by atoms with Crippen molar-refractivity contribution in [1.82, 2.24) is 19.6 Å². The minimum atomic E-state index is 0.377. The second-order valence-corrected chi connectivity index (χ2v) is 3.16. The third-order valence-electron chi connectivity index (χ3n) is 1.70. The number of nitrogens with zero attached hydrogens (tertiary/aromatic N) is 4. The van der Waals surface area contributed by atoms with Gasteiger partial charge in [-0.15, -0.1) is 10.2 Å². The highest BCUT2D eigenvalue weighted by Crippen LogP contribution is 2.21. The summed E-state index contributed by atoms with van der Waals surface area (Å²) >= 11 is 3.24. The summed E-state index contributed by atoms with van der Waals surface area (Å²) in [5.41, 5.74) is 0.542. The molecule has 0 fully saturated rings. The molecule has 74 valence electrons. The van der Waals surface area contributed by atoms with Gasteiger partial charge in [0.1, 0.15) is 0 Å². The summed E-state index contributed by atoms with van der Waals surface area (Å²) in [5, 5.41) is 7.72. The van der Waals surface area contributed by atoms with Crippen LogP contribution < -0.4 is 9.47 Å². The maximum Gasteiger partial charge on any atom is 0.263 e. The number of ether oxygens (including phenoxy) is 2. The molecule has 0 aliphatic heterocycles. The molecule has 2 aromatic heterocycles. The van der Waals surface area contributed by atoms with E-state index in [0.29, 0.717) is 22.1 Å². The van der Waals surface area contributed by atoms with Gasteiger partial charge in [0.15, 0.2) is 0 Å². The summed E-state index contributed by atoms with van der Waals surface area (Å²) in [6.07, 6.45) is 1.67. The van der Waals surface area contributed by atoms with Crippen LogP contribution in [0.2, 0.25) is 0 Å². The average Bonchev–Trinajstić information content (AvgIpc) is 2.59. The molecule has 0 atom stereocenters. The fraction of sp³-hybridized carbons (Fsp3) is 0.286. The molecule has 2 aromatic rings. The van der Waals surface area contributed by atoms with Crippen LogP contribution in [-0.2, 0) is 0 Å². The zero-order valence-electron chi connectivity index (χ0n) is 7.56. The van der Waals surface area contributed by atoms with Crippen molar-refractivity contribution in [3.8, 4) is 11.8 Å². The van der Waals surface area contributed by atoms with E-state index in [1.54, 1.807) is 10.6 Å². The van der Waals surface area contributed by atoms with Gasteiger partial charge in [-0.25, -0.2) is 0 Å². The second kappa shape index (κ2) is 3.41. The predicted molar refractivity (Wildman–Crippen MR) is 51.6 cm³/mol. The van der Waals surface area contributed by atoms with Gasteiger partial charge in [-0.1, -0.05) is 0 Å². The van der Waals surface area contributed by atoms with Crippen molar-refractivity contribution < 1.29 is 9.47 Å². The molecule has 0 saturated heterocycles. The number of halogens is 1. The number of aromatic nitrogens is 4. The van der Waals surface area contributed by atoms with Crippen molar-refractivity contribution in [1.29, 1.82) is 0 Å². The molecule has 0 amide bonds. The van der Waals surface area contributed by atoms with E-state index in [1.165, 1.54) is 14.2 Å². The molecule has 0 N–H and O–H groups in total. The molecule has 0 unspecified atom stereocenters. The number of rotatable bonds is 2. The average molecular weight is 259 g/mol. The first-order valence-corrected chi connectivity index (χ1v) is 4.55. The van der Waals surface area contributed by atoms with Gasteiger partial charge < -0.3 is 9.47 Å². The van der Waals surface area contributed by atoms with E-state index in [4.69, 9.17) is 9.47 Å². The Hall–Kier alpha value is -1.37. The van der Waals surface area contributed by atoms with Gasteiger partial charge in [0.25, 0.3) is 5.88 Å². The van der Waals surface area contributed by atoms with Gasteiger partial charge in [0, 0.05) is 0 Å². The fourth-order valence-electron chi connectivity index (χ4n) is 1.06. The van der Waals surface area contributed by atoms with E-state index in [-0.39, 0.29) is 0 Å². The minimum Gasteiger partial charge on any atom is -0.480 e. The molecule has 14 heavy (non-hydrogen) atoms. The Balaban J connectivity index is 2.76. The third-order valence-corrected chi connectivity index (χ3v) is 2.24.